The monoisotopic (exact) mass is 348 g/mol. The van der Waals surface area contributed by atoms with Crippen LogP contribution in [-0.4, -0.2) is 19.9 Å². The molecule has 2 aromatic carbocycles. The van der Waals surface area contributed by atoms with E-state index in [1.807, 2.05) is 6.07 Å². The van der Waals surface area contributed by atoms with Gasteiger partial charge < -0.3 is 9.47 Å². The molecule has 0 aliphatic carbocycles. The van der Waals surface area contributed by atoms with Crippen LogP contribution >= 0.6 is 0 Å². The molecule has 2 aromatic rings. The van der Waals surface area contributed by atoms with Crippen LogP contribution in [0.4, 0.5) is 14.5 Å². The molecule has 25 heavy (non-hydrogen) atoms. The van der Waals surface area contributed by atoms with Gasteiger partial charge in [-0.2, -0.15) is 5.10 Å². The Kier molecular flexibility index (Phi) is 6.74. The molecule has 0 bridgehead atoms. The van der Waals surface area contributed by atoms with Gasteiger partial charge in [-0.3, -0.25) is 5.43 Å². The first-order chi connectivity index (χ1) is 12.0. The van der Waals surface area contributed by atoms with Crippen molar-refractivity contribution in [1.29, 1.82) is 0 Å². The van der Waals surface area contributed by atoms with E-state index in [9.17, 15) is 8.78 Å². The number of methoxy groups -OCH3 is 1. The standard InChI is InChI=1S/C19H22F2N2O2/c1-13(2)8-9-25-18-7-4-14(10-19(18)24-3)12-22-23-17-6-5-15(20)11-16(17)21/h4-7,10-13,23H,8-9H2,1-3H3/b22-12-. The molecule has 0 aromatic heterocycles. The van der Waals surface area contributed by atoms with Gasteiger partial charge in [0, 0.05) is 6.07 Å². The second-order valence-electron chi connectivity index (χ2n) is 5.94. The highest BCUT2D eigenvalue weighted by Crippen LogP contribution is 2.28. The summed E-state index contributed by atoms with van der Waals surface area (Å²) in [5.74, 6) is 0.488. The number of hydrogen-bond acceptors (Lipinski definition) is 4. The van der Waals surface area contributed by atoms with E-state index in [-0.39, 0.29) is 5.69 Å². The second kappa shape index (κ2) is 9.01. The van der Waals surface area contributed by atoms with E-state index >= 15 is 0 Å². The van der Waals surface area contributed by atoms with Crippen molar-refractivity contribution in [3.63, 3.8) is 0 Å². The molecule has 1 N–H and O–H groups in total. The summed E-state index contributed by atoms with van der Waals surface area (Å²) in [5, 5.41) is 3.96. The number of benzene rings is 2. The van der Waals surface area contributed by atoms with Crippen LogP contribution < -0.4 is 14.9 Å². The maximum atomic E-state index is 13.5. The molecule has 0 unspecified atom stereocenters. The Bertz CT molecular complexity index is 733. The first-order valence-corrected chi connectivity index (χ1v) is 8.04. The van der Waals surface area contributed by atoms with Crippen LogP contribution in [0, 0.1) is 17.6 Å². The van der Waals surface area contributed by atoms with Crippen molar-refractivity contribution >= 4 is 11.9 Å². The van der Waals surface area contributed by atoms with Crippen LogP contribution in [0.1, 0.15) is 25.8 Å². The fourth-order valence-electron chi connectivity index (χ4n) is 2.04. The van der Waals surface area contributed by atoms with Gasteiger partial charge in [-0.1, -0.05) is 13.8 Å². The van der Waals surface area contributed by atoms with E-state index < -0.39 is 11.6 Å². The number of hydrogen-bond donors (Lipinski definition) is 1. The summed E-state index contributed by atoms with van der Waals surface area (Å²) in [7, 11) is 1.57. The van der Waals surface area contributed by atoms with E-state index in [0.29, 0.717) is 24.0 Å². The topological polar surface area (TPSA) is 42.8 Å². The molecule has 0 atom stereocenters. The normalized spacial score (nSPS) is 11.1. The van der Waals surface area contributed by atoms with Crippen LogP contribution in [-0.2, 0) is 0 Å². The average Bonchev–Trinajstić information content (AvgIpc) is 2.57. The molecule has 0 aliphatic heterocycles. The van der Waals surface area contributed by atoms with Gasteiger partial charge in [-0.25, -0.2) is 8.78 Å². The second-order valence-corrected chi connectivity index (χ2v) is 5.94. The lowest BCUT2D eigenvalue weighted by molar-refractivity contribution is 0.273. The zero-order chi connectivity index (χ0) is 18.2. The Morgan fingerprint density at radius 1 is 1.12 bits per heavy atom. The molecule has 0 amide bonds. The minimum Gasteiger partial charge on any atom is -0.493 e. The number of anilines is 1. The number of ether oxygens (including phenoxy) is 2. The first kappa shape index (κ1) is 18.7. The van der Waals surface area contributed by atoms with Crippen LogP contribution in [0.2, 0.25) is 0 Å². The Morgan fingerprint density at radius 3 is 2.60 bits per heavy atom. The van der Waals surface area contributed by atoms with Gasteiger partial charge in [0.05, 0.1) is 25.6 Å². The largest absolute Gasteiger partial charge is 0.493 e. The van der Waals surface area contributed by atoms with Crippen LogP contribution in [0.15, 0.2) is 41.5 Å². The van der Waals surface area contributed by atoms with E-state index in [1.165, 1.54) is 12.3 Å². The van der Waals surface area contributed by atoms with Gasteiger partial charge in [0.15, 0.2) is 17.3 Å². The van der Waals surface area contributed by atoms with E-state index in [1.54, 1.807) is 19.2 Å². The molecule has 0 saturated heterocycles. The molecule has 0 heterocycles. The van der Waals surface area contributed by atoms with Crippen molar-refractivity contribution < 1.29 is 18.3 Å². The summed E-state index contributed by atoms with van der Waals surface area (Å²) >= 11 is 0. The van der Waals surface area contributed by atoms with Crippen molar-refractivity contribution in [3.05, 3.63) is 53.6 Å². The highest BCUT2D eigenvalue weighted by Gasteiger charge is 2.06. The van der Waals surface area contributed by atoms with Crippen molar-refractivity contribution in [1.82, 2.24) is 0 Å². The van der Waals surface area contributed by atoms with Crippen molar-refractivity contribution in [2.45, 2.75) is 20.3 Å². The molecule has 4 nitrogen and oxygen atoms in total. The first-order valence-electron chi connectivity index (χ1n) is 8.04. The number of nitrogens with zero attached hydrogens (tertiary/aromatic N) is 1. The molecule has 0 spiro atoms. The van der Waals surface area contributed by atoms with Gasteiger partial charge in [0.1, 0.15) is 5.82 Å². The minimum atomic E-state index is -0.705. The molecule has 134 valence electrons. The smallest absolute Gasteiger partial charge is 0.161 e. The predicted octanol–water partition coefficient (Wildman–Crippen LogP) is 4.84. The number of nitrogens with one attached hydrogen (secondary N) is 1. The van der Waals surface area contributed by atoms with Crippen LogP contribution in [0.3, 0.4) is 0 Å². The molecule has 0 saturated carbocycles. The Hall–Kier alpha value is -2.63. The van der Waals surface area contributed by atoms with Crippen LogP contribution in [0.5, 0.6) is 11.5 Å². The lowest BCUT2D eigenvalue weighted by atomic mass is 10.1. The van der Waals surface area contributed by atoms with E-state index in [0.717, 1.165) is 24.1 Å². The summed E-state index contributed by atoms with van der Waals surface area (Å²) in [6, 6.07) is 8.64. The summed E-state index contributed by atoms with van der Waals surface area (Å²) < 4.78 is 37.4. The Balaban J connectivity index is 2.01. The molecular weight excluding hydrogens is 326 g/mol. The van der Waals surface area contributed by atoms with Crippen molar-refractivity contribution in [3.8, 4) is 11.5 Å². The summed E-state index contributed by atoms with van der Waals surface area (Å²) in [6.07, 6.45) is 2.47. The summed E-state index contributed by atoms with van der Waals surface area (Å²) in [6.45, 7) is 4.89. The van der Waals surface area contributed by atoms with Gasteiger partial charge in [0.25, 0.3) is 0 Å². The van der Waals surface area contributed by atoms with E-state index in [2.05, 4.69) is 24.4 Å². The van der Waals surface area contributed by atoms with Gasteiger partial charge in [-0.05, 0) is 48.2 Å². The zero-order valence-electron chi connectivity index (χ0n) is 14.6. The van der Waals surface area contributed by atoms with Crippen LogP contribution in [0.25, 0.3) is 0 Å². The molecule has 6 heteroatoms. The zero-order valence-corrected chi connectivity index (χ0v) is 14.6. The van der Waals surface area contributed by atoms with E-state index in [4.69, 9.17) is 9.47 Å². The summed E-state index contributed by atoms with van der Waals surface area (Å²) in [5.41, 5.74) is 3.39. The lowest BCUT2D eigenvalue weighted by Gasteiger charge is -2.12. The fraction of sp³-hybridized carbons (Fsp3) is 0.316. The minimum absolute atomic E-state index is 0.0956. The van der Waals surface area contributed by atoms with Gasteiger partial charge in [0.2, 0.25) is 0 Å². The van der Waals surface area contributed by atoms with Crippen molar-refractivity contribution in [2.24, 2.45) is 11.0 Å². The highest BCUT2D eigenvalue weighted by molar-refractivity contribution is 5.81. The quantitative estimate of drug-likeness (QED) is 0.548. The summed E-state index contributed by atoms with van der Waals surface area (Å²) in [4.78, 5) is 0. The molecule has 0 aliphatic rings. The van der Waals surface area contributed by atoms with Gasteiger partial charge in [-0.15, -0.1) is 0 Å². The Morgan fingerprint density at radius 2 is 1.92 bits per heavy atom. The fourth-order valence-corrected chi connectivity index (χ4v) is 2.04. The van der Waals surface area contributed by atoms with Gasteiger partial charge >= 0.3 is 0 Å². The molecular formula is C19H22F2N2O2. The third-order valence-corrected chi connectivity index (χ3v) is 3.47. The number of halogens is 2. The SMILES string of the molecule is COc1cc(/C=N\Nc2ccc(F)cc2F)ccc1OCCC(C)C. The number of hydrazone groups is 1. The maximum absolute atomic E-state index is 13.5. The third-order valence-electron chi connectivity index (χ3n) is 3.47. The highest BCUT2D eigenvalue weighted by atomic mass is 19.1. The third kappa shape index (κ3) is 5.74. The number of rotatable bonds is 8. The Labute approximate surface area is 146 Å². The van der Waals surface area contributed by atoms with Crippen molar-refractivity contribution in [2.75, 3.05) is 19.1 Å². The lowest BCUT2D eigenvalue weighted by Crippen LogP contribution is -2.03. The predicted molar refractivity (Wildman–Crippen MR) is 95.5 cm³/mol. The molecule has 0 fully saturated rings. The maximum Gasteiger partial charge on any atom is 0.161 e. The molecule has 2 rings (SSSR count). The average molecular weight is 348 g/mol. The molecule has 0 radical (unpaired) electrons.